The summed E-state index contributed by atoms with van der Waals surface area (Å²) in [6.07, 6.45) is -0.296. The molecule has 6 nitrogen and oxygen atoms in total. The number of amides is 1. The molecule has 0 bridgehead atoms. The number of methoxy groups -OCH3 is 1. The number of aromatic nitrogens is 2. The second-order valence-corrected chi connectivity index (χ2v) is 7.76. The van der Waals surface area contributed by atoms with Gasteiger partial charge in [-0.05, 0) is 48.8 Å². The first-order valence-electron chi connectivity index (χ1n) is 8.16. The van der Waals surface area contributed by atoms with Gasteiger partial charge in [0.15, 0.2) is 0 Å². The van der Waals surface area contributed by atoms with Crippen molar-refractivity contribution in [3.05, 3.63) is 34.4 Å². The highest BCUT2D eigenvalue weighted by Crippen LogP contribution is 2.34. The average molecular weight is 408 g/mol. The van der Waals surface area contributed by atoms with Crippen LogP contribution in [0.5, 0.6) is 5.75 Å². The summed E-state index contributed by atoms with van der Waals surface area (Å²) in [7, 11) is 1.64. The molecule has 0 saturated heterocycles. The van der Waals surface area contributed by atoms with Crippen molar-refractivity contribution in [3.63, 3.8) is 0 Å². The zero-order valence-corrected chi connectivity index (χ0v) is 16.5. The maximum Gasteiger partial charge on any atom is 0.410 e. The van der Waals surface area contributed by atoms with Gasteiger partial charge in [0.25, 0.3) is 0 Å². The number of carbonyl (C=O) groups excluding carboxylic acids is 1. The molecule has 0 fully saturated rings. The molecule has 3 rings (SSSR count). The zero-order valence-electron chi connectivity index (χ0n) is 14.9. The van der Waals surface area contributed by atoms with Crippen LogP contribution in [0.15, 0.2) is 28.7 Å². The minimum absolute atomic E-state index is 0.296. The van der Waals surface area contributed by atoms with Crippen molar-refractivity contribution >= 4 is 22.0 Å². The predicted molar refractivity (Wildman–Crippen MR) is 98.6 cm³/mol. The number of hydrogen-bond donors (Lipinski definition) is 0. The molecule has 0 saturated carbocycles. The second kappa shape index (κ2) is 6.71. The van der Waals surface area contributed by atoms with Gasteiger partial charge in [-0.25, -0.2) is 4.79 Å². The SMILES string of the molecule is COc1cccc(-c2nn3c(c2Br)CN(C(=O)OC(C)(C)C)CC3)c1. The fourth-order valence-corrected chi connectivity index (χ4v) is 3.36. The number of carbonyl (C=O) groups is 1. The molecule has 7 heteroatoms. The van der Waals surface area contributed by atoms with Crippen LogP contribution in [0, 0.1) is 0 Å². The number of benzene rings is 1. The number of hydrogen-bond acceptors (Lipinski definition) is 4. The van der Waals surface area contributed by atoms with E-state index in [1.807, 2.05) is 49.7 Å². The molecule has 2 aromatic rings. The molecular formula is C18H22BrN3O3. The highest BCUT2D eigenvalue weighted by atomic mass is 79.9. The summed E-state index contributed by atoms with van der Waals surface area (Å²) >= 11 is 3.66. The van der Waals surface area contributed by atoms with E-state index in [0.717, 1.165) is 27.2 Å². The standard InChI is InChI=1S/C18H22BrN3O3/c1-18(2,3)25-17(23)21-8-9-22-14(11-21)15(19)16(20-22)12-6-5-7-13(10-12)24-4/h5-7,10H,8-9,11H2,1-4H3. The number of ether oxygens (including phenoxy) is 2. The summed E-state index contributed by atoms with van der Waals surface area (Å²) < 4.78 is 13.6. The van der Waals surface area contributed by atoms with E-state index in [9.17, 15) is 4.79 Å². The summed E-state index contributed by atoms with van der Waals surface area (Å²) in [5.41, 5.74) is 2.28. The Balaban J connectivity index is 1.86. The van der Waals surface area contributed by atoms with Gasteiger partial charge in [-0.3, -0.25) is 4.68 Å². The van der Waals surface area contributed by atoms with Crippen molar-refractivity contribution in [3.8, 4) is 17.0 Å². The quantitative estimate of drug-likeness (QED) is 0.752. The van der Waals surface area contributed by atoms with E-state index < -0.39 is 5.60 Å². The average Bonchev–Trinajstić information content (AvgIpc) is 2.90. The highest BCUT2D eigenvalue weighted by molar-refractivity contribution is 9.10. The van der Waals surface area contributed by atoms with Gasteiger partial charge in [-0.15, -0.1) is 0 Å². The van der Waals surface area contributed by atoms with E-state index >= 15 is 0 Å². The van der Waals surface area contributed by atoms with E-state index in [1.54, 1.807) is 12.0 Å². The predicted octanol–water partition coefficient (Wildman–Crippen LogP) is 4.07. The maximum atomic E-state index is 12.3. The molecule has 1 amide bonds. The van der Waals surface area contributed by atoms with Gasteiger partial charge in [0.2, 0.25) is 0 Å². The minimum Gasteiger partial charge on any atom is -0.497 e. The van der Waals surface area contributed by atoms with Gasteiger partial charge in [0, 0.05) is 12.1 Å². The van der Waals surface area contributed by atoms with Crippen molar-refractivity contribution in [2.75, 3.05) is 13.7 Å². The lowest BCUT2D eigenvalue weighted by atomic mass is 10.1. The number of halogens is 1. The molecule has 0 aliphatic carbocycles. The van der Waals surface area contributed by atoms with E-state index in [-0.39, 0.29) is 6.09 Å². The van der Waals surface area contributed by atoms with E-state index in [2.05, 4.69) is 15.9 Å². The minimum atomic E-state index is -0.502. The van der Waals surface area contributed by atoms with Crippen molar-refractivity contribution in [2.24, 2.45) is 0 Å². The smallest absolute Gasteiger partial charge is 0.410 e. The van der Waals surface area contributed by atoms with Crippen LogP contribution in [-0.2, 0) is 17.8 Å². The third-order valence-electron chi connectivity index (χ3n) is 3.91. The normalized spacial score (nSPS) is 14.2. The first kappa shape index (κ1) is 17.8. The zero-order chi connectivity index (χ0) is 18.2. The number of nitrogens with zero attached hydrogens (tertiary/aromatic N) is 3. The Bertz CT molecular complexity index is 795. The van der Waals surface area contributed by atoms with E-state index in [4.69, 9.17) is 14.6 Å². The van der Waals surface area contributed by atoms with Crippen LogP contribution in [0.4, 0.5) is 4.79 Å². The monoisotopic (exact) mass is 407 g/mol. The Kier molecular flexibility index (Phi) is 4.77. The van der Waals surface area contributed by atoms with Crippen LogP contribution < -0.4 is 4.74 Å². The number of fused-ring (bicyclic) bond motifs is 1. The van der Waals surface area contributed by atoms with Crippen LogP contribution in [0.2, 0.25) is 0 Å². The summed E-state index contributed by atoms with van der Waals surface area (Å²) in [6.45, 7) is 7.29. The molecule has 0 spiro atoms. The largest absolute Gasteiger partial charge is 0.497 e. The molecule has 1 aromatic carbocycles. The van der Waals surface area contributed by atoms with E-state index in [0.29, 0.717) is 19.6 Å². The van der Waals surface area contributed by atoms with Crippen LogP contribution >= 0.6 is 15.9 Å². The lowest BCUT2D eigenvalue weighted by Gasteiger charge is -2.30. The van der Waals surface area contributed by atoms with Gasteiger partial charge >= 0.3 is 6.09 Å². The highest BCUT2D eigenvalue weighted by Gasteiger charge is 2.29. The van der Waals surface area contributed by atoms with Crippen LogP contribution in [0.3, 0.4) is 0 Å². The van der Waals surface area contributed by atoms with Crippen molar-refractivity contribution in [1.29, 1.82) is 0 Å². The van der Waals surface area contributed by atoms with E-state index in [1.165, 1.54) is 0 Å². The van der Waals surface area contributed by atoms with Crippen LogP contribution in [-0.4, -0.2) is 40.0 Å². The Morgan fingerprint density at radius 3 is 2.72 bits per heavy atom. The topological polar surface area (TPSA) is 56.6 Å². The molecule has 1 aromatic heterocycles. The van der Waals surface area contributed by atoms with Gasteiger partial charge < -0.3 is 14.4 Å². The summed E-state index contributed by atoms with van der Waals surface area (Å²) in [5.74, 6) is 0.783. The fourth-order valence-electron chi connectivity index (χ4n) is 2.72. The molecular weight excluding hydrogens is 386 g/mol. The molecule has 1 aliphatic heterocycles. The van der Waals surface area contributed by atoms with Crippen LogP contribution in [0.25, 0.3) is 11.3 Å². The van der Waals surface area contributed by atoms with Gasteiger partial charge in [-0.1, -0.05) is 12.1 Å². The lowest BCUT2D eigenvalue weighted by molar-refractivity contribution is 0.0194. The molecule has 2 heterocycles. The third kappa shape index (κ3) is 3.81. The Morgan fingerprint density at radius 2 is 2.04 bits per heavy atom. The Hall–Kier alpha value is -2.02. The molecule has 0 atom stereocenters. The number of rotatable bonds is 2. The fraction of sp³-hybridized carbons (Fsp3) is 0.444. The molecule has 1 aliphatic rings. The van der Waals surface area contributed by atoms with Gasteiger partial charge in [0.1, 0.15) is 17.0 Å². The molecule has 25 heavy (non-hydrogen) atoms. The first-order chi connectivity index (χ1) is 11.8. The Morgan fingerprint density at radius 1 is 1.28 bits per heavy atom. The lowest BCUT2D eigenvalue weighted by Crippen LogP contribution is -2.41. The summed E-state index contributed by atoms with van der Waals surface area (Å²) in [5, 5.41) is 4.70. The van der Waals surface area contributed by atoms with Crippen molar-refractivity contribution in [2.45, 2.75) is 39.5 Å². The van der Waals surface area contributed by atoms with Crippen molar-refractivity contribution < 1.29 is 14.3 Å². The molecule has 0 unspecified atom stereocenters. The Labute approximate surface area is 155 Å². The van der Waals surface area contributed by atoms with Gasteiger partial charge in [0.05, 0.1) is 30.4 Å². The third-order valence-corrected chi connectivity index (χ3v) is 4.74. The van der Waals surface area contributed by atoms with Gasteiger partial charge in [-0.2, -0.15) is 5.10 Å². The molecule has 134 valence electrons. The first-order valence-corrected chi connectivity index (χ1v) is 8.95. The van der Waals surface area contributed by atoms with Crippen molar-refractivity contribution in [1.82, 2.24) is 14.7 Å². The summed E-state index contributed by atoms with van der Waals surface area (Å²) in [6, 6.07) is 7.78. The maximum absolute atomic E-state index is 12.3. The summed E-state index contributed by atoms with van der Waals surface area (Å²) in [4.78, 5) is 14.0. The second-order valence-electron chi connectivity index (χ2n) is 6.97. The van der Waals surface area contributed by atoms with Crippen LogP contribution in [0.1, 0.15) is 26.5 Å². The molecule has 0 N–H and O–H groups in total. The molecule has 0 radical (unpaired) electrons.